The van der Waals surface area contributed by atoms with E-state index in [9.17, 15) is 4.79 Å². The zero-order valence-electron chi connectivity index (χ0n) is 13.1. The maximum atomic E-state index is 11.4. The second-order valence-corrected chi connectivity index (χ2v) is 6.25. The summed E-state index contributed by atoms with van der Waals surface area (Å²) in [5.74, 6) is 1.19. The van der Waals surface area contributed by atoms with Crippen molar-refractivity contribution in [3.05, 3.63) is 63.1 Å². The molecule has 4 rings (SSSR count). The van der Waals surface area contributed by atoms with E-state index < -0.39 is 0 Å². The van der Waals surface area contributed by atoms with E-state index in [-0.39, 0.29) is 11.7 Å². The van der Waals surface area contributed by atoms with Crippen molar-refractivity contribution < 1.29 is 4.74 Å². The monoisotopic (exact) mass is 342 g/mol. The molecule has 1 unspecified atom stereocenters. The van der Waals surface area contributed by atoms with Gasteiger partial charge in [-0.05, 0) is 37.5 Å². The summed E-state index contributed by atoms with van der Waals surface area (Å²) >= 11 is 6.16. The third-order valence-corrected chi connectivity index (χ3v) is 4.43. The summed E-state index contributed by atoms with van der Waals surface area (Å²) in [6, 6.07) is 5.37. The molecule has 0 aliphatic carbocycles. The molecule has 0 saturated carbocycles. The Bertz CT molecular complexity index is 986. The van der Waals surface area contributed by atoms with Gasteiger partial charge in [-0.25, -0.2) is 4.98 Å². The number of aromatic nitrogens is 4. The number of nitrogens with zero attached hydrogens (tertiary/aromatic N) is 4. The van der Waals surface area contributed by atoms with Gasteiger partial charge < -0.3 is 9.14 Å². The third kappa shape index (κ3) is 2.85. The Morgan fingerprint density at radius 1 is 1.29 bits per heavy atom. The summed E-state index contributed by atoms with van der Waals surface area (Å²) in [6.45, 7) is 1.80. The smallest absolute Gasteiger partial charge is 0.273 e. The maximum absolute atomic E-state index is 11.4. The highest BCUT2D eigenvalue weighted by Crippen LogP contribution is 2.31. The lowest BCUT2D eigenvalue weighted by molar-refractivity contribution is 0.164. The molecule has 6 nitrogen and oxygen atoms in total. The molecule has 1 aliphatic rings. The molecule has 0 bridgehead atoms. The van der Waals surface area contributed by atoms with Gasteiger partial charge in [0.05, 0.1) is 5.56 Å². The van der Waals surface area contributed by atoms with Crippen LogP contribution in [-0.2, 0) is 12.8 Å². The molecule has 0 saturated heterocycles. The van der Waals surface area contributed by atoms with Gasteiger partial charge in [0.1, 0.15) is 22.7 Å². The molecular formula is C17H15ClN4O2. The Kier molecular flexibility index (Phi) is 3.69. The predicted molar refractivity (Wildman–Crippen MR) is 89.7 cm³/mol. The number of rotatable bonds is 2. The van der Waals surface area contributed by atoms with E-state index in [0.29, 0.717) is 22.5 Å². The van der Waals surface area contributed by atoms with Crippen molar-refractivity contribution in [2.45, 2.75) is 32.3 Å². The van der Waals surface area contributed by atoms with E-state index in [1.54, 1.807) is 13.1 Å². The average molecular weight is 343 g/mol. The molecule has 0 amide bonds. The molecule has 0 spiro atoms. The first-order chi connectivity index (χ1) is 11.6. The van der Waals surface area contributed by atoms with Crippen molar-refractivity contribution in [2.75, 3.05) is 0 Å². The predicted octanol–water partition coefficient (Wildman–Crippen LogP) is 2.38. The number of hydrogen-bond donors (Lipinski definition) is 0. The van der Waals surface area contributed by atoms with Crippen LogP contribution >= 0.6 is 11.6 Å². The molecular weight excluding hydrogens is 328 g/mol. The molecule has 7 heteroatoms. The minimum Gasteiger partial charge on any atom is -0.474 e. The minimum absolute atomic E-state index is 0.0146. The molecule has 0 aromatic carbocycles. The van der Waals surface area contributed by atoms with Crippen LogP contribution in [0.3, 0.4) is 0 Å². The van der Waals surface area contributed by atoms with Gasteiger partial charge in [0.15, 0.2) is 0 Å². The van der Waals surface area contributed by atoms with Crippen LogP contribution < -0.4 is 10.3 Å². The summed E-state index contributed by atoms with van der Waals surface area (Å²) in [5, 5.41) is 0.477. The number of ether oxygens (including phenoxy) is 1. The van der Waals surface area contributed by atoms with Crippen LogP contribution in [0.5, 0.6) is 5.88 Å². The number of fused-ring (bicyclic) bond motifs is 2. The SMILES string of the molecule is Cc1nc(Cl)c2c(n1)OC(Cc1ccn3ccc(=O)nc3c1)CC2. The molecule has 4 heterocycles. The Morgan fingerprint density at radius 3 is 3.00 bits per heavy atom. The quantitative estimate of drug-likeness (QED) is 0.669. The standard InChI is InChI=1S/C17H15ClN4O2/c1-10-19-16(18)13-3-2-12(24-17(13)20-10)8-11-4-6-22-7-5-15(23)21-14(22)9-11/h4-7,9,12H,2-3,8H2,1H3. The van der Waals surface area contributed by atoms with E-state index in [0.717, 1.165) is 30.4 Å². The van der Waals surface area contributed by atoms with Crippen LogP contribution in [0, 0.1) is 6.92 Å². The Morgan fingerprint density at radius 2 is 2.12 bits per heavy atom. The first kappa shape index (κ1) is 15.1. The average Bonchev–Trinajstić information content (AvgIpc) is 2.54. The van der Waals surface area contributed by atoms with E-state index in [4.69, 9.17) is 16.3 Å². The molecule has 3 aromatic heterocycles. The van der Waals surface area contributed by atoms with Crippen molar-refractivity contribution in [3.8, 4) is 5.88 Å². The molecule has 122 valence electrons. The van der Waals surface area contributed by atoms with Gasteiger partial charge in [-0.2, -0.15) is 9.97 Å². The van der Waals surface area contributed by atoms with Crippen molar-refractivity contribution in [1.29, 1.82) is 0 Å². The lowest BCUT2D eigenvalue weighted by Crippen LogP contribution is -2.26. The Labute approximate surface area is 143 Å². The molecule has 0 N–H and O–H groups in total. The van der Waals surface area contributed by atoms with Crippen molar-refractivity contribution in [2.24, 2.45) is 0 Å². The summed E-state index contributed by atoms with van der Waals surface area (Å²) < 4.78 is 7.83. The molecule has 1 aliphatic heterocycles. The zero-order chi connectivity index (χ0) is 16.7. The largest absolute Gasteiger partial charge is 0.474 e. The highest BCUT2D eigenvalue weighted by atomic mass is 35.5. The molecule has 24 heavy (non-hydrogen) atoms. The lowest BCUT2D eigenvalue weighted by Gasteiger charge is -2.25. The van der Waals surface area contributed by atoms with Gasteiger partial charge in [-0.1, -0.05) is 11.6 Å². The van der Waals surface area contributed by atoms with Crippen molar-refractivity contribution >= 4 is 17.2 Å². The van der Waals surface area contributed by atoms with E-state index in [2.05, 4.69) is 15.0 Å². The van der Waals surface area contributed by atoms with Crippen LogP contribution in [0.25, 0.3) is 5.65 Å². The van der Waals surface area contributed by atoms with E-state index >= 15 is 0 Å². The first-order valence-corrected chi connectivity index (χ1v) is 8.14. The minimum atomic E-state index is -0.239. The summed E-state index contributed by atoms with van der Waals surface area (Å²) in [6.07, 6.45) is 5.99. The first-order valence-electron chi connectivity index (χ1n) is 7.76. The maximum Gasteiger partial charge on any atom is 0.273 e. The number of pyridine rings is 1. The fraction of sp³-hybridized carbons (Fsp3) is 0.294. The van der Waals surface area contributed by atoms with Gasteiger partial charge >= 0.3 is 0 Å². The van der Waals surface area contributed by atoms with Gasteiger partial charge in [0.2, 0.25) is 5.88 Å². The highest BCUT2D eigenvalue weighted by Gasteiger charge is 2.24. The van der Waals surface area contributed by atoms with E-state index in [1.807, 2.05) is 22.7 Å². The van der Waals surface area contributed by atoms with Crippen LogP contribution in [0.15, 0.2) is 35.4 Å². The summed E-state index contributed by atoms with van der Waals surface area (Å²) in [4.78, 5) is 24.0. The van der Waals surface area contributed by atoms with Crippen LogP contribution in [0.1, 0.15) is 23.4 Å². The summed E-state index contributed by atoms with van der Waals surface area (Å²) in [7, 11) is 0. The number of halogens is 1. The van der Waals surface area contributed by atoms with Gasteiger partial charge in [0, 0.05) is 24.9 Å². The summed E-state index contributed by atoms with van der Waals surface area (Å²) in [5.41, 5.74) is 2.35. The highest BCUT2D eigenvalue weighted by molar-refractivity contribution is 6.30. The fourth-order valence-electron chi connectivity index (χ4n) is 2.95. The Balaban J connectivity index is 1.59. The lowest BCUT2D eigenvalue weighted by atomic mass is 10.0. The van der Waals surface area contributed by atoms with Crippen molar-refractivity contribution in [3.63, 3.8) is 0 Å². The topological polar surface area (TPSA) is 69.4 Å². The van der Waals surface area contributed by atoms with Gasteiger partial charge in [0.25, 0.3) is 5.56 Å². The van der Waals surface area contributed by atoms with Gasteiger partial charge in [-0.15, -0.1) is 0 Å². The Hall–Kier alpha value is -2.47. The van der Waals surface area contributed by atoms with E-state index in [1.165, 1.54) is 6.07 Å². The van der Waals surface area contributed by atoms with Crippen LogP contribution in [-0.4, -0.2) is 25.5 Å². The second-order valence-electron chi connectivity index (χ2n) is 5.89. The fourth-order valence-corrected chi connectivity index (χ4v) is 3.25. The molecule has 0 fully saturated rings. The van der Waals surface area contributed by atoms with Crippen LogP contribution in [0.2, 0.25) is 5.15 Å². The zero-order valence-corrected chi connectivity index (χ0v) is 13.8. The number of hydrogen-bond acceptors (Lipinski definition) is 5. The second kappa shape index (κ2) is 5.87. The number of aryl methyl sites for hydroxylation is 1. The molecule has 1 atom stereocenters. The van der Waals surface area contributed by atoms with Crippen LogP contribution in [0.4, 0.5) is 0 Å². The normalized spacial score (nSPS) is 16.7. The molecule has 0 radical (unpaired) electrons. The van der Waals surface area contributed by atoms with Crippen molar-refractivity contribution in [1.82, 2.24) is 19.4 Å². The molecule has 3 aromatic rings. The van der Waals surface area contributed by atoms with Gasteiger partial charge in [-0.3, -0.25) is 4.79 Å². The third-order valence-electron chi connectivity index (χ3n) is 4.12.